The predicted octanol–water partition coefficient (Wildman–Crippen LogP) is 4.80. The maximum Gasteiger partial charge on any atom is 0.430 e. The van der Waals surface area contributed by atoms with Gasteiger partial charge in [0.05, 0.1) is 17.1 Å². The number of nitrogens with zero attached hydrogens (tertiary/aromatic N) is 3. The van der Waals surface area contributed by atoms with E-state index in [0.29, 0.717) is 36.8 Å². The summed E-state index contributed by atoms with van der Waals surface area (Å²) in [5.74, 6) is -1.42. The second kappa shape index (κ2) is 10.4. The van der Waals surface area contributed by atoms with Gasteiger partial charge in [0.1, 0.15) is 5.69 Å². The lowest BCUT2D eigenvalue weighted by Crippen LogP contribution is -2.53. The molecule has 0 aliphatic carbocycles. The van der Waals surface area contributed by atoms with Crippen LogP contribution in [-0.4, -0.2) is 69.0 Å². The summed E-state index contributed by atoms with van der Waals surface area (Å²) in [7, 11) is 0. The Morgan fingerprint density at radius 1 is 1.18 bits per heavy atom. The van der Waals surface area contributed by atoms with E-state index in [0.717, 1.165) is 6.07 Å². The number of carbonyl (C=O) groups excluding carboxylic acids is 2. The molecule has 3 rings (SSSR count). The van der Waals surface area contributed by atoms with Crippen LogP contribution in [-0.2, 0) is 5.60 Å². The molecule has 39 heavy (non-hydrogen) atoms. The lowest BCUT2D eigenvalue weighted by atomic mass is 9.90. The number of carbonyl (C=O) groups is 2. The number of alkyl halides is 6. The Labute approximate surface area is 223 Å². The van der Waals surface area contributed by atoms with E-state index in [2.05, 4.69) is 15.1 Å². The molecule has 8 nitrogen and oxygen atoms in total. The number of hydrogen-bond donors (Lipinski definition) is 3. The average Bonchev–Trinajstić information content (AvgIpc) is 3.46. The zero-order chi connectivity index (χ0) is 29.6. The van der Waals surface area contributed by atoms with E-state index in [1.807, 2.05) is 0 Å². The van der Waals surface area contributed by atoms with Crippen molar-refractivity contribution in [1.82, 2.24) is 15.2 Å². The third-order valence-corrected chi connectivity index (χ3v) is 7.21. The molecule has 1 saturated heterocycles. The molecular weight excluding hydrogens is 554 g/mol. The minimum absolute atomic E-state index is 0.118. The van der Waals surface area contributed by atoms with Crippen molar-refractivity contribution in [2.24, 2.45) is 0 Å². The van der Waals surface area contributed by atoms with Gasteiger partial charge in [0.2, 0.25) is 0 Å². The predicted molar refractivity (Wildman–Crippen MR) is 128 cm³/mol. The molecule has 2 heterocycles. The Morgan fingerprint density at radius 2 is 1.79 bits per heavy atom. The van der Waals surface area contributed by atoms with Crippen molar-refractivity contribution in [1.29, 1.82) is 0 Å². The van der Waals surface area contributed by atoms with E-state index in [4.69, 9.17) is 6.57 Å². The molecule has 212 valence electrons. The third-order valence-electron chi connectivity index (χ3n) is 6.12. The lowest BCUT2D eigenvalue weighted by molar-refractivity contribution is -0.376. The number of amides is 2. The summed E-state index contributed by atoms with van der Waals surface area (Å²) in [6.45, 7) is 12.2. The number of likely N-dealkylation sites (tertiary alicyclic amines) is 1. The first-order valence-electron chi connectivity index (χ1n) is 11.5. The molecule has 0 spiro atoms. The van der Waals surface area contributed by atoms with Gasteiger partial charge in [-0.05, 0) is 45.2 Å². The van der Waals surface area contributed by atoms with Crippen molar-refractivity contribution in [3.05, 3.63) is 45.9 Å². The van der Waals surface area contributed by atoms with E-state index in [1.165, 1.54) is 18.7 Å². The van der Waals surface area contributed by atoms with Crippen LogP contribution in [0, 0.1) is 6.57 Å². The van der Waals surface area contributed by atoms with Gasteiger partial charge >= 0.3 is 12.4 Å². The van der Waals surface area contributed by atoms with Crippen LogP contribution in [0.15, 0.2) is 18.2 Å². The Bertz CT molecular complexity index is 1300. The smallest absolute Gasteiger partial charge is 0.389 e. The van der Waals surface area contributed by atoms with Gasteiger partial charge < -0.3 is 20.4 Å². The van der Waals surface area contributed by atoms with Crippen LogP contribution < -0.4 is 5.32 Å². The molecule has 2 aromatic rings. The second-order valence-corrected chi connectivity index (χ2v) is 10.7. The maximum atomic E-state index is 13.4. The molecule has 1 fully saturated rings. The summed E-state index contributed by atoms with van der Waals surface area (Å²) in [6, 6.07) is 1.17. The number of nitrogens with one attached hydrogen (secondary N) is 1. The van der Waals surface area contributed by atoms with E-state index < -0.39 is 46.6 Å². The minimum Gasteiger partial charge on any atom is -0.389 e. The summed E-state index contributed by atoms with van der Waals surface area (Å²) < 4.78 is 80.4. The van der Waals surface area contributed by atoms with Crippen LogP contribution in [0.4, 0.5) is 32.0 Å². The first-order chi connectivity index (χ1) is 17.8. The Morgan fingerprint density at radius 3 is 2.28 bits per heavy atom. The topological polar surface area (TPSA) is 107 Å². The second-order valence-electron chi connectivity index (χ2n) is 9.73. The van der Waals surface area contributed by atoms with Gasteiger partial charge in [-0.15, -0.1) is 11.3 Å². The molecule has 1 aromatic heterocycles. The molecule has 3 N–H and O–H groups in total. The molecule has 2 amide bonds. The molecular formula is C24H24F6N4O4S. The van der Waals surface area contributed by atoms with Gasteiger partial charge in [-0.3, -0.25) is 9.59 Å². The fourth-order valence-corrected chi connectivity index (χ4v) is 5.02. The lowest BCUT2D eigenvalue weighted by Gasteiger charge is -2.33. The number of thiazole rings is 1. The number of hydrogen-bond acceptors (Lipinski definition) is 6. The van der Waals surface area contributed by atoms with Crippen molar-refractivity contribution < 1.29 is 46.1 Å². The highest BCUT2D eigenvalue weighted by Gasteiger charge is 2.71. The molecule has 1 aliphatic rings. The van der Waals surface area contributed by atoms with Gasteiger partial charge in [0, 0.05) is 24.7 Å². The Hall–Kier alpha value is -3.22. The van der Waals surface area contributed by atoms with E-state index in [9.17, 15) is 46.1 Å². The number of aromatic nitrogens is 1. The zero-order valence-electron chi connectivity index (χ0n) is 20.9. The first-order valence-corrected chi connectivity index (χ1v) is 12.3. The third kappa shape index (κ3) is 5.87. The highest BCUT2D eigenvalue weighted by molar-refractivity contribution is 7.17. The molecule has 15 heteroatoms. The van der Waals surface area contributed by atoms with Crippen LogP contribution in [0.3, 0.4) is 0 Å². The molecule has 0 unspecified atom stereocenters. The van der Waals surface area contributed by atoms with Crippen LogP contribution >= 0.6 is 11.3 Å². The van der Waals surface area contributed by atoms with Gasteiger partial charge in [-0.2, -0.15) is 26.3 Å². The van der Waals surface area contributed by atoms with E-state index in [-0.39, 0.29) is 39.8 Å². The van der Waals surface area contributed by atoms with E-state index >= 15 is 0 Å². The van der Waals surface area contributed by atoms with Crippen molar-refractivity contribution in [3.8, 4) is 10.4 Å². The average molecular weight is 579 g/mol. The highest BCUT2D eigenvalue weighted by Crippen LogP contribution is 2.51. The first kappa shape index (κ1) is 30.3. The summed E-state index contributed by atoms with van der Waals surface area (Å²) in [5, 5.41) is 21.8. The fraction of sp³-hybridized carbons (Fsp3) is 0.500. The molecule has 1 atom stereocenters. The number of rotatable bonds is 6. The normalized spacial score (nSPS) is 16.8. The fourth-order valence-electron chi connectivity index (χ4n) is 4.02. The summed E-state index contributed by atoms with van der Waals surface area (Å²) in [4.78, 5) is 34.6. The molecule has 0 saturated carbocycles. The van der Waals surface area contributed by atoms with Crippen molar-refractivity contribution in [2.45, 2.75) is 63.2 Å². The van der Waals surface area contributed by atoms with Crippen LogP contribution in [0.1, 0.15) is 59.5 Å². The molecule has 1 aromatic carbocycles. The Kier molecular flexibility index (Phi) is 8.08. The van der Waals surface area contributed by atoms with Gasteiger partial charge in [-0.1, -0.05) is 12.1 Å². The molecule has 1 aliphatic heterocycles. The number of halogens is 6. The SMILES string of the molecule is [C-]#[N+]c1cc(C(O)(C(F)(F)F)C(F)(F)F)ccc1-c1sc(C(=O)NCC(C)(C)O)nc1C(=O)N1CCC[C@@H]1C. The monoisotopic (exact) mass is 578 g/mol. The molecule has 0 bridgehead atoms. The van der Waals surface area contributed by atoms with Gasteiger partial charge in [-0.25, -0.2) is 9.83 Å². The number of aliphatic hydroxyl groups is 2. The maximum absolute atomic E-state index is 13.4. The zero-order valence-corrected chi connectivity index (χ0v) is 21.7. The quantitative estimate of drug-likeness (QED) is 0.337. The number of benzene rings is 1. The minimum atomic E-state index is -6.16. The largest absolute Gasteiger partial charge is 0.430 e. The molecule has 0 radical (unpaired) electrons. The van der Waals surface area contributed by atoms with Gasteiger partial charge in [0.15, 0.2) is 10.7 Å². The highest BCUT2D eigenvalue weighted by atomic mass is 32.1. The van der Waals surface area contributed by atoms with E-state index in [1.54, 1.807) is 6.92 Å². The van der Waals surface area contributed by atoms with Crippen molar-refractivity contribution in [3.63, 3.8) is 0 Å². The van der Waals surface area contributed by atoms with Crippen LogP contribution in [0.2, 0.25) is 0 Å². The summed E-state index contributed by atoms with van der Waals surface area (Å²) in [5.41, 5.74) is -9.45. The summed E-state index contributed by atoms with van der Waals surface area (Å²) >= 11 is 0.611. The van der Waals surface area contributed by atoms with Gasteiger partial charge in [0.25, 0.3) is 17.4 Å². The van der Waals surface area contributed by atoms with Crippen molar-refractivity contribution >= 4 is 28.8 Å². The Balaban J connectivity index is 2.18. The standard InChI is InChI=1S/C24H24F6N4O4S/c1-12-6-5-9-34(12)20(36)16-17(39-19(33-16)18(35)32-11-21(2,3)37)14-8-7-13(10-15(14)31-4)22(38,23(25,26)27)24(28,29)30/h7-8,10,12,37-38H,5-6,9,11H2,1-3H3,(H,32,35)/t12-/m0/s1. The van der Waals surface area contributed by atoms with Crippen LogP contribution in [0.25, 0.3) is 15.3 Å². The van der Waals surface area contributed by atoms with Crippen LogP contribution in [0.5, 0.6) is 0 Å². The van der Waals surface area contributed by atoms with Crippen molar-refractivity contribution in [2.75, 3.05) is 13.1 Å². The summed E-state index contributed by atoms with van der Waals surface area (Å²) in [6.07, 6.45) is -11.0.